The van der Waals surface area contributed by atoms with E-state index in [2.05, 4.69) is 15.4 Å². The Morgan fingerprint density at radius 2 is 2.22 bits per heavy atom. The van der Waals surface area contributed by atoms with E-state index in [1.165, 1.54) is 25.4 Å². The van der Waals surface area contributed by atoms with Crippen molar-refractivity contribution in [2.45, 2.75) is 19.4 Å². The summed E-state index contributed by atoms with van der Waals surface area (Å²) in [6.45, 7) is 2.56. The number of aromatic nitrogens is 3. The molecule has 2 aromatic rings. The number of aromatic hydroxyl groups is 1. The summed E-state index contributed by atoms with van der Waals surface area (Å²) in [5.74, 6) is 0.137. The van der Waals surface area contributed by atoms with Gasteiger partial charge in [-0.1, -0.05) is 0 Å². The third kappa shape index (κ3) is 3.31. The molecule has 0 aromatic carbocycles. The number of carbonyl (C=O) groups is 2. The van der Waals surface area contributed by atoms with Crippen molar-refractivity contribution in [2.24, 2.45) is 0 Å². The molecule has 1 atom stereocenters. The van der Waals surface area contributed by atoms with Crippen LogP contribution in [0, 0.1) is 0 Å². The second-order valence-electron chi connectivity index (χ2n) is 5.49. The first kappa shape index (κ1) is 15.0. The largest absolute Gasteiger partial charge is 0.506 e. The average molecular weight is 315 g/mol. The molecular weight excluding hydrogens is 298 g/mol. The van der Waals surface area contributed by atoms with E-state index in [9.17, 15) is 14.7 Å². The molecule has 1 fully saturated rings. The Hall–Kier alpha value is -2.90. The van der Waals surface area contributed by atoms with Gasteiger partial charge in [-0.25, -0.2) is 0 Å². The molecule has 1 unspecified atom stereocenters. The topological polar surface area (TPSA) is 100 Å². The summed E-state index contributed by atoms with van der Waals surface area (Å²) in [5, 5.41) is 16.4. The molecule has 0 saturated carbocycles. The van der Waals surface area contributed by atoms with E-state index in [-0.39, 0.29) is 23.6 Å². The van der Waals surface area contributed by atoms with Crippen molar-refractivity contribution in [1.29, 1.82) is 0 Å². The zero-order valence-corrected chi connectivity index (χ0v) is 12.6. The molecule has 1 aliphatic heterocycles. The summed E-state index contributed by atoms with van der Waals surface area (Å²) in [6, 6.07) is 3.20. The molecule has 120 valence electrons. The molecule has 8 nitrogen and oxygen atoms in total. The van der Waals surface area contributed by atoms with Crippen LogP contribution in [0.25, 0.3) is 0 Å². The number of pyridine rings is 1. The van der Waals surface area contributed by atoms with Crippen LogP contribution in [0.4, 0.5) is 5.82 Å². The van der Waals surface area contributed by atoms with Crippen molar-refractivity contribution in [3.05, 3.63) is 36.3 Å². The highest BCUT2D eigenvalue weighted by Crippen LogP contribution is 2.24. The molecule has 1 aliphatic rings. The molecule has 0 radical (unpaired) electrons. The van der Waals surface area contributed by atoms with Crippen molar-refractivity contribution in [3.63, 3.8) is 0 Å². The quantitative estimate of drug-likeness (QED) is 0.881. The van der Waals surface area contributed by atoms with Gasteiger partial charge in [-0.2, -0.15) is 5.10 Å². The van der Waals surface area contributed by atoms with Gasteiger partial charge in [-0.05, 0) is 12.5 Å². The molecule has 2 aromatic heterocycles. The number of hydrogen-bond acceptors (Lipinski definition) is 5. The van der Waals surface area contributed by atoms with Crippen LogP contribution in [0.15, 0.2) is 30.7 Å². The Kier molecular flexibility index (Phi) is 3.96. The van der Waals surface area contributed by atoms with Crippen LogP contribution in [-0.4, -0.2) is 49.7 Å². The summed E-state index contributed by atoms with van der Waals surface area (Å²) in [4.78, 5) is 29.0. The summed E-state index contributed by atoms with van der Waals surface area (Å²) < 4.78 is 1.76. The van der Waals surface area contributed by atoms with E-state index >= 15 is 0 Å². The van der Waals surface area contributed by atoms with Gasteiger partial charge < -0.3 is 15.3 Å². The van der Waals surface area contributed by atoms with Crippen molar-refractivity contribution < 1.29 is 14.7 Å². The molecule has 0 aliphatic carbocycles. The Balaban J connectivity index is 1.67. The number of anilines is 1. The molecule has 1 saturated heterocycles. The first-order valence-corrected chi connectivity index (χ1v) is 7.29. The Labute approximate surface area is 132 Å². The van der Waals surface area contributed by atoms with E-state index < -0.39 is 0 Å². The van der Waals surface area contributed by atoms with Crippen molar-refractivity contribution in [1.82, 2.24) is 19.7 Å². The standard InChI is InChI=1S/C15H17N5O3/c1-10(21)17-14-3-5-20(18-14)12-2-4-19(9-12)15(23)11-6-13(22)8-16-7-11/h3,5-8,12,22H,2,4,9H2,1H3,(H,17,18,21). The van der Waals surface area contributed by atoms with Crippen molar-refractivity contribution >= 4 is 17.6 Å². The van der Waals surface area contributed by atoms with Gasteiger partial charge in [0.25, 0.3) is 5.91 Å². The number of amides is 2. The molecule has 23 heavy (non-hydrogen) atoms. The molecule has 2 amide bonds. The molecule has 0 spiro atoms. The summed E-state index contributed by atoms with van der Waals surface area (Å²) in [6.07, 6.45) is 5.30. The minimum Gasteiger partial charge on any atom is -0.506 e. The minimum atomic E-state index is -0.171. The Morgan fingerprint density at radius 3 is 2.96 bits per heavy atom. The van der Waals surface area contributed by atoms with Crippen LogP contribution in [-0.2, 0) is 4.79 Å². The highest BCUT2D eigenvalue weighted by Gasteiger charge is 2.28. The number of likely N-dealkylation sites (tertiary alicyclic amines) is 1. The van der Waals surface area contributed by atoms with E-state index in [4.69, 9.17) is 0 Å². The van der Waals surface area contributed by atoms with E-state index in [1.807, 2.05) is 0 Å². The summed E-state index contributed by atoms with van der Waals surface area (Å²) in [7, 11) is 0. The maximum Gasteiger partial charge on any atom is 0.255 e. The van der Waals surface area contributed by atoms with Crippen LogP contribution in [0.3, 0.4) is 0 Å². The summed E-state index contributed by atoms with van der Waals surface area (Å²) >= 11 is 0. The van der Waals surface area contributed by atoms with Crippen LogP contribution in [0.1, 0.15) is 29.7 Å². The number of rotatable bonds is 3. The van der Waals surface area contributed by atoms with Crippen LogP contribution in [0.2, 0.25) is 0 Å². The lowest BCUT2D eigenvalue weighted by Crippen LogP contribution is -2.29. The fraction of sp³-hybridized carbons (Fsp3) is 0.333. The minimum absolute atomic E-state index is 0.0291. The van der Waals surface area contributed by atoms with Gasteiger partial charge in [-0.3, -0.25) is 19.3 Å². The predicted octanol–water partition coefficient (Wildman–Crippen LogP) is 1.03. The third-order valence-corrected chi connectivity index (χ3v) is 3.71. The Bertz CT molecular complexity index is 742. The second-order valence-corrected chi connectivity index (χ2v) is 5.49. The maximum absolute atomic E-state index is 12.4. The summed E-state index contributed by atoms with van der Waals surface area (Å²) in [5.41, 5.74) is 0.366. The first-order valence-electron chi connectivity index (χ1n) is 7.29. The van der Waals surface area contributed by atoms with Gasteiger partial charge >= 0.3 is 0 Å². The molecule has 3 heterocycles. The lowest BCUT2D eigenvalue weighted by atomic mass is 10.2. The van der Waals surface area contributed by atoms with Crippen LogP contribution >= 0.6 is 0 Å². The SMILES string of the molecule is CC(=O)Nc1ccn(C2CCN(C(=O)c3cncc(O)c3)C2)n1. The maximum atomic E-state index is 12.4. The van der Waals surface area contributed by atoms with Gasteiger partial charge in [0.2, 0.25) is 5.91 Å². The fourth-order valence-electron chi connectivity index (χ4n) is 2.66. The average Bonchev–Trinajstić information content (AvgIpc) is 3.14. The van der Waals surface area contributed by atoms with Gasteiger partial charge in [0, 0.05) is 38.5 Å². The number of carbonyl (C=O) groups excluding carboxylic acids is 2. The normalized spacial score (nSPS) is 17.3. The van der Waals surface area contributed by atoms with Gasteiger partial charge in [-0.15, -0.1) is 0 Å². The zero-order valence-electron chi connectivity index (χ0n) is 12.6. The first-order chi connectivity index (χ1) is 11.0. The van der Waals surface area contributed by atoms with Crippen molar-refractivity contribution in [2.75, 3.05) is 18.4 Å². The lowest BCUT2D eigenvalue weighted by Gasteiger charge is -2.16. The highest BCUT2D eigenvalue weighted by molar-refractivity contribution is 5.94. The highest BCUT2D eigenvalue weighted by atomic mass is 16.3. The molecule has 3 rings (SSSR count). The van der Waals surface area contributed by atoms with Gasteiger partial charge in [0.05, 0.1) is 17.8 Å². The second kappa shape index (κ2) is 6.07. The number of nitrogens with zero attached hydrogens (tertiary/aromatic N) is 4. The monoisotopic (exact) mass is 315 g/mol. The van der Waals surface area contributed by atoms with Crippen LogP contribution < -0.4 is 5.32 Å². The fourth-order valence-corrected chi connectivity index (χ4v) is 2.66. The van der Waals surface area contributed by atoms with E-state index in [1.54, 1.807) is 21.8 Å². The number of hydrogen-bond donors (Lipinski definition) is 2. The molecule has 8 heteroatoms. The molecule has 2 N–H and O–H groups in total. The Morgan fingerprint density at radius 1 is 1.39 bits per heavy atom. The van der Waals surface area contributed by atoms with Crippen LogP contribution in [0.5, 0.6) is 5.75 Å². The van der Waals surface area contributed by atoms with E-state index in [0.29, 0.717) is 24.5 Å². The van der Waals surface area contributed by atoms with E-state index in [0.717, 1.165) is 6.42 Å². The van der Waals surface area contributed by atoms with Crippen molar-refractivity contribution in [3.8, 4) is 5.75 Å². The lowest BCUT2D eigenvalue weighted by molar-refractivity contribution is -0.114. The smallest absolute Gasteiger partial charge is 0.255 e. The third-order valence-electron chi connectivity index (χ3n) is 3.71. The molecule has 0 bridgehead atoms. The van der Waals surface area contributed by atoms with Gasteiger partial charge in [0.15, 0.2) is 5.82 Å². The zero-order chi connectivity index (χ0) is 16.4. The molecular formula is C15H17N5O3. The number of nitrogens with one attached hydrogen (secondary N) is 1. The van der Waals surface area contributed by atoms with Gasteiger partial charge in [0.1, 0.15) is 5.75 Å². The predicted molar refractivity (Wildman–Crippen MR) is 82.0 cm³/mol.